The number of hydrogen-bond donors (Lipinski definition) is 5. The fraction of sp³-hybridized carbons (Fsp3) is 0.267. The molecule has 2 amide bonds. The number of amidine groups is 1. The van der Waals surface area contributed by atoms with E-state index < -0.39 is 52.3 Å². The van der Waals surface area contributed by atoms with Crippen LogP contribution in [0.4, 0.5) is 9.52 Å². The summed E-state index contributed by atoms with van der Waals surface area (Å²) in [5.41, 5.74) is 9.94. The molecule has 4 aromatic rings. The molecule has 7 N–H and O–H groups in total. The lowest BCUT2D eigenvalue weighted by Crippen LogP contribution is -2.71. The summed E-state index contributed by atoms with van der Waals surface area (Å²) in [4.78, 5) is 61.0. The highest BCUT2D eigenvalue weighted by atomic mass is 35.5. The Bertz CT molecular complexity index is 2210. The fourth-order valence-electron chi connectivity index (χ4n) is 5.38. The van der Waals surface area contributed by atoms with Crippen LogP contribution >= 0.6 is 34.7 Å². The van der Waals surface area contributed by atoms with Gasteiger partial charge in [-0.25, -0.2) is 14.2 Å². The molecule has 0 radical (unpaired) electrons. The molecule has 3 aromatic heterocycles. The third kappa shape index (κ3) is 6.59. The maximum absolute atomic E-state index is 14.7. The number of imidazole rings is 1. The first-order valence-corrected chi connectivity index (χ1v) is 17.1. The lowest BCUT2D eigenvalue weighted by atomic mass is 10.0. The number of nitrogens with zero attached hydrogens (tertiary/aromatic N) is 6. The van der Waals surface area contributed by atoms with Crippen molar-refractivity contribution >= 4 is 80.8 Å². The zero-order valence-corrected chi connectivity index (χ0v) is 29.0. The number of thioether (sulfide) groups is 1. The number of halogens is 2. The molecular weight excluding hydrogens is 731 g/mol. The van der Waals surface area contributed by atoms with Crippen molar-refractivity contribution in [3.8, 4) is 0 Å². The molecule has 2 aliphatic rings. The number of fused-ring (bicyclic) bond motifs is 2. The molecule has 266 valence electrons. The zero-order valence-electron chi connectivity index (χ0n) is 26.6. The van der Waals surface area contributed by atoms with Gasteiger partial charge in [0, 0.05) is 28.6 Å². The van der Waals surface area contributed by atoms with Crippen molar-refractivity contribution in [2.75, 3.05) is 11.5 Å². The van der Waals surface area contributed by atoms with E-state index in [2.05, 4.69) is 15.5 Å². The van der Waals surface area contributed by atoms with Crippen molar-refractivity contribution in [2.45, 2.75) is 44.0 Å². The highest BCUT2D eigenvalue weighted by Crippen LogP contribution is 2.40. The number of carboxylic acids is 2. The minimum absolute atomic E-state index is 0.0120. The Morgan fingerprint density at radius 3 is 2.69 bits per heavy atom. The minimum atomic E-state index is -1.85. The molecule has 0 saturated carbocycles. The standard InChI is InChI=1S/C30H28ClFN10O7S2/c1-30(2,28(47)48)49-38-19(18-22(31)51-29(35)37-18)24(43)36-20-25(44)42-21(27(45)46)15(12-50-26(20)42)11-40-6-5-17-39(7-8-41(17)40)10-14-4-3-13(23(33)34)9-16(14)32/h3-9,20,26H,10-12H2,1-2H3,(H7-,33,34,35,36,37,43,45,46,47,48)/b38-19-/t20-,26-/m1/s1. The Labute approximate surface area is 300 Å². The van der Waals surface area contributed by atoms with Crippen molar-refractivity contribution in [1.29, 1.82) is 5.41 Å². The molecule has 0 spiro atoms. The van der Waals surface area contributed by atoms with E-state index in [4.69, 9.17) is 33.3 Å². The zero-order chi connectivity index (χ0) is 36.9. The number of carbonyl (C=O) groups excluding carboxylic acids is 3. The number of aromatic nitrogens is 4. The molecule has 1 fully saturated rings. The third-order valence-corrected chi connectivity index (χ3v) is 10.5. The summed E-state index contributed by atoms with van der Waals surface area (Å²) in [6.07, 6.45) is 5.16. The minimum Gasteiger partial charge on any atom is -0.543 e. The number of carbonyl (C=O) groups is 4. The fourth-order valence-corrected chi connectivity index (χ4v) is 7.65. The van der Waals surface area contributed by atoms with Crippen LogP contribution in [-0.4, -0.2) is 82.1 Å². The van der Waals surface area contributed by atoms with E-state index in [1.54, 1.807) is 50.6 Å². The predicted octanol–water partition coefficient (Wildman–Crippen LogP) is -0.120. The highest BCUT2D eigenvalue weighted by molar-refractivity contribution is 8.00. The van der Waals surface area contributed by atoms with Crippen LogP contribution in [0.2, 0.25) is 4.34 Å². The van der Waals surface area contributed by atoms with Gasteiger partial charge in [0.2, 0.25) is 5.60 Å². The molecule has 0 bridgehead atoms. The average Bonchev–Trinajstić information content (AvgIpc) is 3.75. The summed E-state index contributed by atoms with van der Waals surface area (Å²) in [5, 5.41) is 34.7. The van der Waals surface area contributed by atoms with Gasteiger partial charge >= 0.3 is 5.97 Å². The maximum Gasteiger partial charge on any atom is 0.350 e. The van der Waals surface area contributed by atoms with E-state index in [1.807, 2.05) is 0 Å². The van der Waals surface area contributed by atoms with Crippen LogP contribution < -0.4 is 26.6 Å². The van der Waals surface area contributed by atoms with E-state index >= 15 is 0 Å². The van der Waals surface area contributed by atoms with Crippen LogP contribution in [0.25, 0.3) is 5.65 Å². The van der Waals surface area contributed by atoms with E-state index in [0.717, 1.165) is 16.2 Å². The summed E-state index contributed by atoms with van der Waals surface area (Å²) in [6.45, 7) is 2.63. The van der Waals surface area contributed by atoms with Crippen LogP contribution in [0.3, 0.4) is 0 Å². The van der Waals surface area contributed by atoms with Crippen LogP contribution in [0.15, 0.2) is 59.3 Å². The molecule has 17 nitrogen and oxygen atoms in total. The van der Waals surface area contributed by atoms with Crippen molar-refractivity contribution < 1.29 is 43.3 Å². The van der Waals surface area contributed by atoms with Crippen molar-refractivity contribution in [1.82, 2.24) is 24.3 Å². The predicted molar refractivity (Wildman–Crippen MR) is 180 cm³/mol. The van der Waals surface area contributed by atoms with Gasteiger partial charge in [0.05, 0.1) is 30.5 Å². The van der Waals surface area contributed by atoms with E-state index in [1.165, 1.54) is 31.7 Å². The lowest BCUT2D eigenvalue weighted by Gasteiger charge is -2.50. The molecule has 51 heavy (non-hydrogen) atoms. The Hall–Kier alpha value is -5.47. The number of hydrogen-bond acceptors (Lipinski definition) is 12. The van der Waals surface area contributed by atoms with Gasteiger partial charge in [-0.1, -0.05) is 40.2 Å². The van der Waals surface area contributed by atoms with E-state index in [0.29, 0.717) is 16.8 Å². The summed E-state index contributed by atoms with van der Waals surface area (Å²) in [6, 6.07) is 4.88. The Balaban J connectivity index is 1.21. The molecule has 1 aromatic carbocycles. The number of oxime groups is 1. The molecule has 6 rings (SSSR count). The Morgan fingerprint density at radius 1 is 1.31 bits per heavy atom. The summed E-state index contributed by atoms with van der Waals surface area (Å²) in [5.74, 6) is -5.29. The second-order valence-corrected chi connectivity index (χ2v) is 14.6. The average molecular weight is 759 g/mol. The van der Waals surface area contributed by atoms with Crippen LogP contribution in [0.5, 0.6) is 0 Å². The maximum atomic E-state index is 14.7. The van der Waals surface area contributed by atoms with Gasteiger partial charge in [0.1, 0.15) is 33.1 Å². The number of carboxylic acid groups (broad SMARTS) is 2. The van der Waals surface area contributed by atoms with Gasteiger partial charge in [-0.2, -0.15) is 0 Å². The van der Waals surface area contributed by atoms with Crippen molar-refractivity contribution in [3.63, 3.8) is 0 Å². The van der Waals surface area contributed by atoms with E-state index in [-0.39, 0.29) is 51.1 Å². The molecule has 0 aliphatic carbocycles. The molecule has 0 unspecified atom stereocenters. The van der Waals surface area contributed by atoms with Gasteiger partial charge in [0.15, 0.2) is 29.2 Å². The van der Waals surface area contributed by atoms with Crippen LogP contribution in [-0.2, 0) is 37.1 Å². The smallest absolute Gasteiger partial charge is 0.350 e. The number of amides is 2. The monoisotopic (exact) mass is 758 g/mol. The summed E-state index contributed by atoms with van der Waals surface area (Å²) in [7, 11) is 0. The SMILES string of the molecule is CC(C)(O/N=C(\C(=O)N[C@@H]1C(=O)N2C(C(=O)[O-])=C(C[n+]3ccc4n(Cc5ccc(C(=N)N)cc5F)ccn43)CS[C@H]12)c1nc(N)sc1Cl)C(=O)O. The first-order chi connectivity index (χ1) is 24.1. The van der Waals surface area contributed by atoms with E-state index in [9.17, 15) is 33.8 Å². The lowest BCUT2D eigenvalue weighted by molar-refractivity contribution is -0.753. The molecule has 2 aliphatic heterocycles. The van der Waals surface area contributed by atoms with Crippen LogP contribution in [0, 0.1) is 11.2 Å². The molecule has 1 saturated heterocycles. The normalized spacial score (nSPS) is 17.7. The number of aliphatic carboxylic acids is 2. The number of benzene rings is 1. The number of nitrogens with two attached hydrogens (primary N) is 2. The van der Waals surface area contributed by atoms with Crippen molar-refractivity contribution in [3.05, 3.63) is 81.1 Å². The summed E-state index contributed by atoms with van der Waals surface area (Å²) < 4.78 is 19.9. The Kier molecular flexibility index (Phi) is 9.25. The molecular formula is C30H28ClFN10O7S2. The largest absolute Gasteiger partial charge is 0.543 e. The number of anilines is 1. The number of β-lactam (4-membered cyclic amide) rings is 1. The first kappa shape index (κ1) is 35.4. The molecule has 5 heterocycles. The second kappa shape index (κ2) is 13.3. The van der Waals surface area contributed by atoms with Gasteiger partial charge in [0.25, 0.3) is 11.8 Å². The number of nitrogen functional groups attached to an aromatic ring is 2. The van der Waals surface area contributed by atoms with Gasteiger partial charge in [-0.05, 0) is 19.9 Å². The van der Waals surface area contributed by atoms with Crippen LogP contribution in [0.1, 0.15) is 30.7 Å². The molecule has 21 heteroatoms. The number of nitrogens with one attached hydrogen (secondary N) is 2. The second-order valence-electron chi connectivity index (χ2n) is 11.9. The van der Waals surface area contributed by atoms with Crippen molar-refractivity contribution in [2.24, 2.45) is 10.9 Å². The highest BCUT2D eigenvalue weighted by Gasteiger charge is 2.53. The quantitative estimate of drug-likeness (QED) is 0.0419. The van der Waals surface area contributed by atoms with Gasteiger partial charge in [-0.3, -0.25) is 19.9 Å². The first-order valence-electron chi connectivity index (χ1n) is 14.9. The molecule has 2 atom stereocenters. The topological polar surface area (TPSA) is 250 Å². The Morgan fingerprint density at radius 2 is 2.06 bits per heavy atom. The van der Waals surface area contributed by atoms with Gasteiger partial charge in [-0.15, -0.1) is 21.0 Å². The van der Waals surface area contributed by atoms with Gasteiger partial charge < -0.3 is 41.2 Å². The third-order valence-electron chi connectivity index (χ3n) is 8.10. The number of rotatable bonds is 12. The number of thiazole rings is 1. The summed E-state index contributed by atoms with van der Waals surface area (Å²) >= 11 is 8.24.